The smallest absolute Gasteiger partial charge is 0.191 e. The normalized spacial score (nSPS) is 15.8. The Bertz CT molecular complexity index is 776. The predicted octanol–water partition coefficient (Wildman–Crippen LogP) is 3.55. The molecule has 0 amide bonds. The van der Waals surface area contributed by atoms with Crippen molar-refractivity contribution in [2.24, 2.45) is 4.99 Å². The number of aryl methyl sites for hydroxylation is 3. The van der Waals surface area contributed by atoms with Crippen molar-refractivity contribution in [2.45, 2.75) is 45.1 Å². The van der Waals surface area contributed by atoms with Gasteiger partial charge < -0.3 is 10.6 Å². The standard InChI is InChI=1S/C20H28BrN5/c1-15-12-16(2)26(25-15)11-5-10-23-19(22-3)24-14-20(8-9-20)17-6-4-7-18(21)13-17/h4,6-7,12-13H,5,8-11,14H2,1-3H3,(H2,22,23,24). The molecule has 2 aromatic rings. The van der Waals surface area contributed by atoms with Gasteiger partial charge in [-0.3, -0.25) is 9.67 Å². The Labute approximate surface area is 164 Å². The number of hydrogen-bond donors (Lipinski definition) is 2. The van der Waals surface area contributed by atoms with Crippen molar-refractivity contribution in [3.05, 3.63) is 51.8 Å². The summed E-state index contributed by atoms with van der Waals surface area (Å²) < 4.78 is 3.22. The molecule has 0 bridgehead atoms. The van der Waals surface area contributed by atoms with Gasteiger partial charge >= 0.3 is 0 Å². The second-order valence-electron chi connectivity index (χ2n) is 7.15. The van der Waals surface area contributed by atoms with Crippen LogP contribution in [0.1, 0.15) is 36.2 Å². The summed E-state index contributed by atoms with van der Waals surface area (Å²) in [6, 6.07) is 10.8. The highest BCUT2D eigenvalue weighted by molar-refractivity contribution is 9.10. The van der Waals surface area contributed by atoms with E-state index in [1.165, 1.54) is 24.1 Å². The molecule has 1 heterocycles. The molecule has 0 radical (unpaired) electrons. The Balaban J connectivity index is 1.44. The number of nitrogens with zero attached hydrogens (tertiary/aromatic N) is 3. The molecule has 1 aromatic carbocycles. The van der Waals surface area contributed by atoms with E-state index in [1.54, 1.807) is 0 Å². The molecule has 0 saturated heterocycles. The van der Waals surface area contributed by atoms with Gasteiger partial charge in [0.25, 0.3) is 0 Å². The Kier molecular flexibility index (Phi) is 6.01. The van der Waals surface area contributed by atoms with Gasteiger partial charge in [0.2, 0.25) is 0 Å². The van der Waals surface area contributed by atoms with Crippen LogP contribution in [0.3, 0.4) is 0 Å². The van der Waals surface area contributed by atoms with Gasteiger partial charge in [-0.25, -0.2) is 0 Å². The van der Waals surface area contributed by atoms with Crippen LogP contribution in [0.2, 0.25) is 0 Å². The van der Waals surface area contributed by atoms with Crippen molar-refractivity contribution < 1.29 is 0 Å². The van der Waals surface area contributed by atoms with E-state index >= 15 is 0 Å². The lowest BCUT2D eigenvalue weighted by atomic mass is 9.96. The van der Waals surface area contributed by atoms with E-state index < -0.39 is 0 Å². The van der Waals surface area contributed by atoms with Crippen molar-refractivity contribution >= 4 is 21.9 Å². The van der Waals surface area contributed by atoms with E-state index in [1.807, 2.05) is 14.0 Å². The van der Waals surface area contributed by atoms with Crippen molar-refractivity contribution in [2.75, 3.05) is 20.1 Å². The maximum absolute atomic E-state index is 4.50. The van der Waals surface area contributed by atoms with Crippen molar-refractivity contribution in [3.8, 4) is 0 Å². The first-order valence-corrected chi connectivity index (χ1v) is 10.0. The SMILES string of the molecule is CN=C(NCCCn1nc(C)cc1C)NCC1(c2cccc(Br)c2)CC1. The van der Waals surface area contributed by atoms with Gasteiger partial charge in [0.15, 0.2) is 5.96 Å². The Hall–Kier alpha value is -1.82. The number of aromatic nitrogens is 2. The lowest BCUT2D eigenvalue weighted by Gasteiger charge is -2.19. The van der Waals surface area contributed by atoms with Crippen LogP contribution < -0.4 is 10.6 Å². The van der Waals surface area contributed by atoms with Crippen LogP contribution in [0.25, 0.3) is 0 Å². The topological polar surface area (TPSA) is 54.2 Å². The quantitative estimate of drug-likeness (QED) is 0.411. The van der Waals surface area contributed by atoms with Crippen molar-refractivity contribution in [1.29, 1.82) is 0 Å². The molecule has 1 aliphatic carbocycles. The largest absolute Gasteiger partial charge is 0.356 e. The summed E-state index contributed by atoms with van der Waals surface area (Å²) in [7, 11) is 1.83. The third kappa shape index (κ3) is 4.67. The summed E-state index contributed by atoms with van der Waals surface area (Å²) in [5, 5.41) is 11.4. The van der Waals surface area contributed by atoms with Gasteiger partial charge in [-0.2, -0.15) is 5.10 Å². The van der Waals surface area contributed by atoms with E-state index in [9.17, 15) is 0 Å². The average Bonchev–Trinajstić information content (AvgIpc) is 3.34. The molecular formula is C20H28BrN5. The lowest BCUT2D eigenvalue weighted by molar-refractivity contribution is 0.553. The third-order valence-corrected chi connectivity index (χ3v) is 5.54. The molecule has 5 nitrogen and oxygen atoms in total. The summed E-state index contributed by atoms with van der Waals surface area (Å²) in [4.78, 5) is 4.36. The van der Waals surface area contributed by atoms with Crippen LogP contribution in [0, 0.1) is 13.8 Å². The van der Waals surface area contributed by atoms with Gasteiger partial charge in [0.1, 0.15) is 0 Å². The molecule has 2 N–H and O–H groups in total. The summed E-state index contributed by atoms with van der Waals surface area (Å²) in [5.74, 6) is 0.875. The second-order valence-corrected chi connectivity index (χ2v) is 8.06. The highest BCUT2D eigenvalue weighted by Crippen LogP contribution is 2.48. The fourth-order valence-corrected chi connectivity index (χ4v) is 3.75. The average molecular weight is 418 g/mol. The number of rotatable bonds is 7. The number of hydrogen-bond acceptors (Lipinski definition) is 2. The molecule has 1 fully saturated rings. The first-order valence-electron chi connectivity index (χ1n) is 9.24. The number of aliphatic imine (C=N–C) groups is 1. The molecular weight excluding hydrogens is 390 g/mol. The highest BCUT2D eigenvalue weighted by atomic mass is 79.9. The van der Waals surface area contributed by atoms with Gasteiger partial charge in [-0.05, 0) is 56.9 Å². The minimum absolute atomic E-state index is 0.255. The number of halogens is 1. The molecule has 6 heteroatoms. The maximum atomic E-state index is 4.50. The number of benzene rings is 1. The Morgan fingerprint density at radius 1 is 1.27 bits per heavy atom. The van der Waals surface area contributed by atoms with Crippen LogP contribution in [0.5, 0.6) is 0 Å². The monoisotopic (exact) mass is 417 g/mol. The highest BCUT2D eigenvalue weighted by Gasteiger charge is 2.44. The van der Waals surface area contributed by atoms with E-state index in [4.69, 9.17) is 0 Å². The lowest BCUT2D eigenvalue weighted by Crippen LogP contribution is -2.41. The molecule has 1 saturated carbocycles. The molecule has 26 heavy (non-hydrogen) atoms. The van der Waals surface area contributed by atoms with Crippen LogP contribution >= 0.6 is 15.9 Å². The first kappa shape index (κ1) is 19.0. The minimum Gasteiger partial charge on any atom is -0.356 e. The zero-order chi connectivity index (χ0) is 18.6. The molecule has 1 aromatic heterocycles. The molecule has 0 atom stereocenters. The van der Waals surface area contributed by atoms with Crippen LogP contribution in [0.4, 0.5) is 0 Å². The number of nitrogens with one attached hydrogen (secondary N) is 2. The van der Waals surface area contributed by atoms with E-state index in [-0.39, 0.29) is 5.41 Å². The molecule has 1 aliphatic rings. The molecule has 140 valence electrons. The second kappa shape index (κ2) is 8.25. The Morgan fingerprint density at radius 3 is 2.69 bits per heavy atom. The molecule has 0 aliphatic heterocycles. The molecule has 0 spiro atoms. The fourth-order valence-electron chi connectivity index (χ4n) is 3.35. The maximum Gasteiger partial charge on any atom is 0.191 e. The van der Waals surface area contributed by atoms with E-state index in [2.05, 4.69) is 78.6 Å². The van der Waals surface area contributed by atoms with Gasteiger partial charge in [0, 0.05) is 42.3 Å². The molecule has 3 rings (SSSR count). The predicted molar refractivity (Wildman–Crippen MR) is 111 cm³/mol. The summed E-state index contributed by atoms with van der Waals surface area (Å²) >= 11 is 3.58. The van der Waals surface area contributed by atoms with Crippen LogP contribution in [0.15, 0.2) is 39.8 Å². The minimum atomic E-state index is 0.255. The summed E-state index contributed by atoms with van der Waals surface area (Å²) in [5.41, 5.74) is 3.95. The van der Waals surface area contributed by atoms with Gasteiger partial charge in [-0.1, -0.05) is 28.1 Å². The zero-order valence-electron chi connectivity index (χ0n) is 15.8. The fraction of sp³-hybridized carbons (Fsp3) is 0.500. The molecule has 0 unspecified atom stereocenters. The van der Waals surface area contributed by atoms with Crippen LogP contribution in [-0.4, -0.2) is 35.9 Å². The van der Waals surface area contributed by atoms with Crippen LogP contribution in [-0.2, 0) is 12.0 Å². The number of guanidine groups is 1. The van der Waals surface area contributed by atoms with E-state index in [0.717, 1.165) is 42.2 Å². The van der Waals surface area contributed by atoms with E-state index in [0.29, 0.717) is 0 Å². The van der Waals surface area contributed by atoms with Gasteiger partial charge in [-0.15, -0.1) is 0 Å². The Morgan fingerprint density at radius 2 is 2.08 bits per heavy atom. The van der Waals surface area contributed by atoms with Crippen molar-refractivity contribution in [1.82, 2.24) is 20.4 Å². The first-order chi connectivity index (χ1) is 12.5. The van der Waals surface area contributed by atoms with Crippen molar-refractivity contribution in [3.63, 3.8) is 0 Å². The summed E-state index contributed by atoms with van der Waals surface area (Å²) in [6.07, 6.45) is 3.47. The zero-order valence-corrected chi connectivity index (χ0v) is 17.4. The van der Waals surface area contributed by atoms with Gasteiger partial charge in [0.05, 0.1) is 5.69 Å². The third-order valence-electron chi connectivity index (χ3n) is 5.05. The summed E-state index contributed by atoms with van der Waals surface area (Å²) in [6.45, 7) is 6.85.